The van der Waals surface area contributed by atoms with Gasteiger partial charge in [-0.25, -0.2) is 4.79 Å². The predicted molar refractivity (Wildman–Crippen MR) is 89.9 cm³/mol. The average Bonchev–Trinajstić information content (AvgIpc) is 3.06. The van der Waals surface area contributed by atoms with Crippen molar-refractivity contribution in [1.82, 2.24) is 10.6 Å². The molecule has 2 amide bonds. The van der Waals surface area contributed by atoms with Crippen LogP contribution in [-0.4, -0.2) is 17.7 Å². The number of benzene rings is 1. The minimum atomic E-state index is -1.06. The van der Waals surface area contributed by atoms with Gasteiger partial charge in [0.1, 0.15) is 5.60 Å². The van der Waals surface area contributed by atoms with Crippen molar-refractivity contribution < 1.29 is 9.90 Å². The molecule has 1 aromatic carbocycles. The topological polar surface area (TPSA) is 61.4 Å². The summed E-state index contributed by atoms with van der Waals surface area (Å²) in [5.41, 5.74) is 2.10. The van der Waals surface area contributed by atoms with E-state index in [2.05, 4.69) is 23.6 Å². The molecule has 0 aliphatic carbocycles. The van der Waals surface area contributed by atoms with Gasteiger partial charge in [-0.2, -0.15) is 11.3 Å². The van der Waals surface area contributed by atoms with Crippen LogP contribution >= 0.6 is 11.3 Å². The highest BCUT2D eigenvalue weighted by Crippen LogP contribution is 2.21. The summed E-state index contributed by atoms with van der Waals surface area (Å²) in [5, 5.41) is 19.7. The molecule has 0 radical (unpaired) electrons. The molecular weight excluding hydrogens is 296 g/mol. The van der Waals surface area contributed by atoms with Crippen LogP contribution in [0.15, 0.2) is 41.1 Å². The van der Waals surface area contributed by atoms with Crippen LogP contribution in [0.4, 0.5) is 4.79 Å². The number of urea groups is 1. The molecule has 0 bridgehead atoms. The Morgan fingerprint density at radius 2 is 1.95 bits per heavy atom. The van der Waals surface area contributed by atoms with Crippen molar-refractivity contribution in [3.63, 3.8) is 0 Å². The number of rotatable bonds is 6. The van der Waals surface area contributed by atoms with Gasteiger partial charge in [-0.1, -0.05) is 31.2 Å². The van der Waals surface area contributed by atoms with E-state index in [0.29, 0.717) is 6.54 Å². The third-order valence-electron chi connectivity index (χ3n) is 3.67. The highest BCUT2D eigenvalue weighted by molar-refractivity contribution is 7.08. The lowest BCUT2D eigenvalue weighted by atomic mass is 9.99. The van der Waals surface area contributed by atoms with E-state index in [4.69, 9.17) is 0 Å². The molecule has 3 N–H and O–H groups in total. The van der Waals surface area contributed by atoms with Crippen LogP contribution < -0.4 is 10.6 Å². The van der Waals surface area contributed by atoms with Crippen molar-refractivity contribution in [1.29, 1.82) is 0 Å². The second-order valence-electron chi connectivity index (χ2n) is 5.44. The second kappa shape index (κ2) is 7.42. The quantitative estimate of drug-likeness (QED) is 0.767. The van der Waals surface area contributed by atoms with E-state index < -0.39 is 5.60 Å². The third kappa shape index (κ3) is 4.32. The molecular formula is C17H22N2O2S. The first-order chi connectivity index (χ1) is 10.5. The van der Waals surface area contributed by atoms with E-state index in [1.807, 2.05) is 35.0 Å². The molecule has 0 spiro atoms. The van der Waals surface area contributed by atoms with Crippen molar-refractivity contribution in [2.75, 3.05) is 6.54 Å². The van der Waals surface area contributed by atoms with Crippen LogP contribution in [0.25, 0.3) is 0 Å². The molecule has 0 aliphatic rings. The summed E-state index contributed by atoms with van der Waals surface area (Å²) in [6.45, 7) is 4.44. The number of thiophene rings is 1. The fourth-order valence-electron chi connectivity index (χ4n) is 2.24. The Kier molecular flexibility index (Phi) is 5.57. The van der Waals surface area contributed by atoms with Crippen molar-refractivity contribution >= 4 is 17.4 Å². The maximum absolute atomic E-state index is 11.9. The molecule has 1 unspecified atom stereocenters. The lowest BCUT2D eigenvalue weighted by Gasteiger charge is -2.23. The van der Waals surface area contributed by atoms with Crippen molar-refractivity contribution in [2.24, 2.45) is 0 Å². The number of carbonyl (C=O) groups excluding carboxylic acids is 1. The molecule has 0 saturated carbocycles. The standard InChI is InChI=1S/C17H22N2O2S/c1-3-13-6-4-5-7-14(13)10-18-16(20)19-12-17(2,21)15-8-9-22-11-15/h4-9,11,21H,3,10,12H2,1-2H3,(H2,18,19,20). The molecule has 4 nitrogen and oxygen atoms in total. The minimum absolute atomic E-state index is 0.172. The minimum Gasteiger partial charge on any atom is -0.384 e. The van der Waals surface area contributed by atoms with Gasteiger partial charge in [-0.05, 0) is 46.9 Å². The molecule has 0 fully saturated rings. The SMILES string of the molecule is CCc1ccccc1CNC(=O)NCC(C)(O)c1ccsc1. The smallest absolute Gasteiger partial charge is 0.315 e. The van der Waals surface area contributed by atoms with Gasteiger partial charge >= 0.3 is 6.03 Å². The molecule has 0 saturated heterocycles. The zero-order chi connectivity index (χ0) is 16.0. The van der Waals surface area contributed by atoms with E-state index in [-0.39, 0.29) is 12.6 Å². The summed E-state index contributed by atoms with van der Waals surface area (Å²) >= 11 is 1.52. The first-order valence-corrected chi connectivity index (χ1v) is 8.30. The van der Waals surface area contributed by atoms with Crippen molar-refractivity contribution in [3.05, 3.63) is 57.8 Å². The van der Waals surface area contributed by atoms with E-state index >= 15 is 0 Å². The Morgan fingerprint density at radius 1 is 1.23 bits per heavy atom. The summed E-state index contributed by atoms with van der Waals surface area (Å²) in [6, 6.07) is 9.63. The third-order valence-corrected chi connectivity index (χ3v) is 4.36. The number of hydrogen-bond acceptors (Lipinski definition) is 3. The molecule has 22 heavy (non-hydrogen) atoms. The van der Waals surface area contributed by atoms with E-state index in [1.54, 1.807) is 6.92 Å². The summed E-state index contributed by atoms with van der Waals surface area (Å²) in [7, 11) is 0. The van der Waals surface area contributed by atoms with Crippen LogP contribution in [0, 0.1) is 0 Å². The van der Waals surface area contributed by atoms with Crippen molar-refractivity contribution in [2.45, 2.75) is 32.4 Å². The fourth-order valence-corrected chi connectivity index (χ4v) is 3.02. The summed E-state index contributed by atoms with van der Waals surface area (Å²) in [6.07, 6.45) is 0.937. The predicted octanol–water partition coefficient (Wildman–Crippen LogP) is 3.02. The van der Waals surface area contributed by atoms with Crippen LogP contribution in [0.1, 0.15) is 30.5 Å². The first kappa shape index (κ1) is 16.5. The Bertz CT molecular complexity index is 609. The van der Waals surface area contributed by atoms with Gasteiger partial charge in [0, 0.05) is 6.54 Å². The maximum atomic E-state index is 11.9. The van der Waals surface area contributed by atoms with Gasteiger partial charge in [-0.15, -0.1) is 0 Å². The summed E-state index contributed by atoms with van der Waals surface area (Å²) < 4.78 is 0. The number of carbonyl (C=O) groups is 1. The van der Waals surface area contributed by atoms with Crippen LogP contribution in [0.5, 0.6) is 0 Å². The number of nitrogens with one attached hydrogen (secondary N) is 2. The number of amides is 2. The van der Waals surface area contributed by atoms with Gasteiger partial charge in [-0.3, -0.25) is 0 Å². The molecule has 2 aromatic rings. The molecule has 118 valence electrons. The van der Waals surface area contributed by atoms with Crippen LogP contribution in [0.2, 0.25) is 0 Å². The lowest BCUT2D eigenvalue weighted by Crippen LogP contribution is -2.43. The highest BCUT2D eigenvalue weighted by Gasteiger charge is 2.24. The van der Waals surface area contributed by atoms with Crippen molar-refractivity contribution in [3.8, 4) is 0 Å². The maximum Gasteiger partial charge on any atom is 0.315 e. The average molecular weight is 318 g/mol. The monoisotopic (exact) mass is 318 g/mol. The Hall–Kier alpha value is -1.85. The highest BCUT2D eigenvalue weighted by atomic mass is 32.1. The van der Waals surface area contributed by atoms with Crippen LogP contribution in [-0.2, 0) is 18.6 Å². The molecule has 5 heteroatoms. The summed E-state index contributed by atoms with van der Waals surface area (Å²) in [5.74, 6) is 0. The van der Waals surface area contributed by atoms with Gasteiger partial charge in [0.2, 0.25) is 0 Å². The van der Waals surface area contributed by atoms with Gasteiger partial charge < -0.3 is 15.7 Å². The molecule has 0 aliphatic heterocycles. The largest absolute Gasteiger partial charge is 0.384 e. The van der Waals surface area contributed by atoms with Gasteiger partial charge in [0.25, 0.3) is 0 Å². The zero-order valence-electron chi connectivity index (χ0n) is 12.9. The van der Waals surface area contributed by atoms with E-state index in [1.165, 1.54) is 16.9 Å². The zero-order valence-corrected chi connectivity index (χ0v) is 13.7. The first-order valence-electron chi connectivity index (χ1n) is 7.36. The van der Waals surface area contributed by atoms with Gasteiger partial charge in [0.05, 0.1) is 6.54 Å². The second-order valence-corrected chi connectivity index (χ2v) is 6.22. The molecule has 1 heterocycles. The van der Waals surface area contributed by atoms with E-state index in [9.17, 15) is 9.90 Å². The lowest BCUT2D eigenvalue weighted by molar-refractivity contribution is 0.0598. The molecule has 1 aromatic heterocycles. The Morgan fingerprint density at radius 3 is 2.59 bits per heavy atom. The van der Waals surface area contributed by atoms with Gasteiger partial charge in [0.15, 0.2) is 0 Å². The molecule has 2 rings (SSSR count). The summed E-state index contributed by atoms with van der Waals surface area (Å²) in [4.78, 5) is 11.9. The number of aryl methyl sites for hydroxylation is 1. The normalized spacial score (nSPS) is 13.4. The van der Waals surface area contributed by atoms with Crippen LogP contribution in [0.3, 0.4) is 0 Å². The van der Waals surface area contributed by atoms with E-state index in [0.717, 1.165) is 17.5 Å². The fraction of sp³-hybridized carbons (Fsp3) is 0.353. The Labute approximate surface area is 135 Å². The number of hydrogen-bond donors (Lipinski definition) is 3. The molecule has 1 atom stereocenters. The Balaban J connectivity index is 1.83. The number of aliphatic hydroxyl groups is 1.